The molecule has 29 heavy (non-hydrogen) atoms. The minimum absolute atomic E-state index is 0.0979. The zero-order valence-corrected chi connectivity index (χ0v) is 16.8. The maximum absolute atomic E-state index is 12.8. The second-order valence-corrected chi connectivity index (χ2v) is 8.63. The summed E-state index contributed by atoms with van der Waals surface area (Å²) in [6.07, 6.45) is 4.24. The normalized spacial score (nSPS) is 22.3. The van der Waals surface area contributed by atoms with Crippen molar-refractivity contribution in [2.75, 3.05) is 31.1 Å². The minimum atomic E-state index is -0.255. The van der Waals surface area contributed by atoms with Crippen LogP contribution in [0.1, 0.15) is 29.6 Å². The molecule has 4 N–H and O–H groups in total. The Hall–Kier alpha value is -2.49. The van der Waals surface area contributed by atoms with Crippen LogP contribution in [0.4, 0.5) is 5.69 Å². The molecule has 152 valence electrons. The molecule has 5 heterocycles. The monoisotopic (exact) mass is 412 g/mol. The number of aliphatic hydroxyl groups is 1. The maximum atomic E-state index is 12.8. The number of β-amino-alcohol motifs (C(OH)–C–C–N with tert-alkyl or cyclic N) is 1. The van der Waals surface area contributed by atoms with Crippen molar-refractivity contribution < 1.29 is 9.90 Å². The number of imidazole rings is 1. The number of aromatic amines is 1. The Kier molecular flexibility index (Phi) is 4.94. The van der Waals surface area contributed by atoms with Crippen molar-refractivity contribution in [3.05, 3.63) is 29.3 Å². The Bertz CT molecular complexity index is 1030. The van der Waals surface area contributed by atoms with E-state index in [1.165, 1.54) is 0 Å². The fourth-order valence-electron chi connectivity index (χ4n) is 4.05. The van der Waals surface area contributed by atoms with Gasteiger partial charge in [-0.2, -0.15) is 0 Å². The highest BCUT2D eigenvalue weighted by Crippen LogP contribution is 2.33. The average molecular weight is 413 g/mol. The highest BCUT2D eigenvalue weighted by molar-refractivity contribution is 7.14. The van der Waals surface area contributed by atoms with Crippen LogP contribution in [0.15, 0.2) is 23.7 Å². The van der Waals surface area contributed by atoms with Crippen molar-refractivity contribution in [1.82, 2.24) is 25.6 Å². The number of nitrogens with one attached hydrogen (secondary N) is 3. The summed E-state index contributed by atoms with van der Waals surface area (Å²) in [5.74, 6) is 0.613. The van der Waals surface area contributed by atoms with Crippen LogP contribution in [0.2, 0.25) is 0 Å². The van der Waals surface area contributed by atoms with Crippen molar-refractivity contribution in [1.29, 1.82) is 0 Å². The lowest BCUT2D eigenvalue weighted by atomic mass is 10.1. The molecule has 2 fully saturated rings. The summed E-state index contributed by atoms with van der Waals surface area (Å²) in [5.41, 5.74) is 2.87. The van der Waals surface area contributed by atoms with Gasteiger partial charge in [-0.05, 0) is 37.9 Å². The summed E-state index contributed by atoms with van der Waals surface area (Å²) >= 11 is 1.60. The maximum Gasteiger partial charge on any atom is 0.253 e. The van der Waals surface area contributed by atoms with Crippen LogP contribution < -0.4 is 15.5 Å². The van der Waals surface area contributed by atoms with E-state index in [9.17, 15) is 9.90 Å². The van der Waals surface area contributed by atoms with Crippen LogP contribution >= 0.6 is 11.3 Å². The molecular formula is C20H24N6O2S. The number of amides is 1. The van der Waals surface area contributed by atoms with E-state index in [0.717, 1.165) is 49.5 Å². The standard InChI is InChI=1S/C20H24N6O2S/c27-14-4-7-26(10-14)13-8-16(29-11-13)18-24-17-15(3-6-22-19(17)25-18)20(28)23-12-2-1-5-21-9-12/h3,6,8,11-12,14,21,27H,1-2,4-5,7,9-10H2,(H,23,28)(H,22,24,25). The number of H-pyrrole nitrogens is 1. The van der Waals surface area contributed by atoms with Gasteiger partial charge < -0.3 is 25.6 Å². The number of piperidine rings is 1. The average Bonchev–Trinajstić information content (AvgIpc) is 3.46. The van der Waals surface area contributed by atoms with Gasteiger partial charge in [-0.1, -0.05) is 0 Å². The molecule has 0 radical (unpaired) electrons. The lowest BCUT2D eigenvalue weighted by Gasteiger charge is -2.23. The van der Waals surface area contributed by atoms with Gasteiger partial charge in [0.25, 0.3) is 5.91 Å². The molecule has 0 aromatic carbocycles. The summed E-state index contributed by atoms with van der Waals surface area (Å²) in [5, 5.41) is 18.3. The van der Waals surface area contributed by atoms with Gasteiger partial charge in [0, 0.05) is 42.9 Å². The molecule has 2 unspecified atom stereocenters. The number of carbonyl (C=O) groups is 1. The van der Waals surface area contributed by atoms with Crippen LogP contribution in [0.5, 0.6) is 0 Å². The second kappa shape index (κ2) is 7.74. The van der Waals surface area contributed by atoms with Crippen molar-refractivity contribution in [3.63, 3.8) is 0 Å². The third-order valence-electron chi connectivity index (χ3n) is 5.62. The molecular weight excluding hydrogens is 388 g/mol. The number of hydrogen-bond acceptors (Lipinski definition) is 7. The molecule has 2 aliphatic heterocycles. The molecule has 3 aromatic rings. The van der Waals surface area contributed by atoms with Gasteiger partial charge in [0.2, 0.25) is 0 Å². The molecule has 2 atom stereocenters. The van der Waals surface area contributed by atoms with E-state index in [2.05, 4.69) is 41.9 Å². The van der Waals surface area contributed by atoms with Crippen LogP contribution in [0, 0.1) is 0 Å². The molecule has 0 aliphatic carbocycles. The number of fused-ring (bicyclic) bond motifs is 1. The molecule has 0 saturated carbocycles. The van der Waals surface area contributed by atoms with Gasteiger partial charge >= 0.3 is 0 Å². The lowest BCUT2D eigenvalue weighted by Crippen LogP contribution is -2.45. The third-order valence-corrected chi connectivity index (χ3v) is 6.54. The first-order valence-electron chi connectivity index (χ1n) is 10.1. The molecule has 5 rings (SSSR count). The number of anilines is 1. The van der Waals surface area contributed by atoms with Gasteiger partial charge in [0.15, 0.2) is 11.5 Å². The molecule has 0 spiro atoms. The highest BCUT2D eigenvalue weighted by Gasteiger charge is 2.23. The van der Waals surface area contributed by atoms with Crippen molar-refractivity contribution in [3.8, 4) is 10.7 Å². The summed E-state index contributed by atoms with van der Waals surface area (Å²) in [6, 6.07) is 3.97. The zero-order valence-electron chi connectivity index (χ0n) is 16.0. The Morgan fingerprint density at radius 1 is 1.38 bits per heavy atom. The van der Waals surface area contributed by atoms with Crippen molar-refractivity contribution in [2.45, 2.75) is 31.4 Å². The summed E-state index contributed by atoms with van der Waals surface area (Å²) < 4.78 is 0. The Balaban J connectivity index is 1.40. The van der Waals surface area contributed by atoms with Crippen LogP contribution in [-0.4, -0.2) is 64.3 Å². The number of hydrogen-bond donors (Lipinski definition) is 4. The van der Waals surface area contributed by atoms with E-state index < -0.39 is 0 Å². The van der Waals surface area contributed by atoms with Gasteiger partial charge in [0.05, 0.1) is 22.1 Å². The van der Waals surface area contributed by atoms with E-state index in [4.69, 9.17) is 0 Å². The molecule has 1 amide bonds. The number of rotatable bonds is 4. The number of thiophene rings is 1. The number of nitrogens with zero attached hydrogens (tertiary/aromatic N) is 3. The minimum Gasteiger partial charge on any atom is -0.391 e. The quantitative estimate of drug-likeness (QED) is 0.520. The van der Waals surface area contributed by atoms with Crippen molar-refractivity contribution >= 4 is 34.1 Å². The van der Waals surface area contributed by atoms with Gasteiger partial charge in [-0.3, -0.25) is 4.79 Å². The summed E-state index contributed by atoms with van der Waals surface area (Å²) in [4.78, 5) is 28.3. The molecule has 3 aromatic heterocycles. The van der Waals surface area contributed by atoms with Gasteiger partial charge in [-0.15, -0.1) is 11.3 Å². The van der Waals surface area contributed by atoms with E-state index in [0.29, 0.717) is 29.1 Å². The van der Waals surface area contributed by atoms with Crippen LogP contribution in [-0.2, 0) is 0 Å². The van der Waals surface area contributed by atoms with Crippen LogP contribution in [0.3, 0.4) is 0 Å². The molecule has 8 nitrogen and oxygen atoms in total. The zero-order chi connectivity index (χ0) is 19.8. The number of carbonyl (C=O) groups excluding carboxylic acids is 1. The molecule has 2 aliphatic rings. The van der Waals surface area contributed by atoms with E-state index in [1.54, 1.807) is 23.6 Å². The first-order valence-corrected chi connectivity index (χ1v) is 10.9. The molecule has 9 heteroatoms. The fourth-order valence-corrected chi connectivity index (χ4v) is 4.91. The van der Waals surface area contributed by atoms with E-state index >= 15 is 0 Å². The first-order chi connectivity index (χ1) is 14.2. The van der Waals surface area contributed by atoms with Gasteiger partial charge in [0.1, 0.15) is 0 Å². The Morgan fingerprint density at radius 3 is 3.10 bits per heavy atom. The number of pyridine rings is 1. The largest absolute Gasteiger partial charge is 0.391 e. The second-order valence-electron chi connectivity index (χ2n) is 7.72. The highest BCUT2D eigenvalue weighted by atomic mass is 32.1. The van der Waals surface area contributed by atoms with E-state index in [-0.39, 0.29) is 18.1 Å². The lowest BCUT2D eigenvalue weighted by molar-refractivity contribution is 0.0932. The van der Waals surface area contributed by atoms with Crippen LogP contribution in [0.25, 0.3) is 21.9 Å². The van der Waals surface area contributed by atoms with E-state index in [1.807, 2.05) is 0 Å². The first kappa shape index (κ1) is 18.5. The predicted molar refractivity (Wildman–Crippen MR) is 113 cm³/mol. The SMILES string of the molecule is O=C(NC1CCCNC1)c1ccnc2nc(-c3cc(N4CCC(O)C4)cs3)[nH]c12. The summed E-state index contributed by atoms with van der Waals surface area (Å²) in [6.45, 7) is 3.34. The topological polar surface area (TPSA) is 106 Å². The van der Waals surface area contributed by atoms with Crippen molar-refractivity contribution in [2.24, 2.45) is 0 Å². The van der Waals surface area contributed by atoms with Gasteiger partial charge in [-0.25, -0.2) is 9.97 Å². The Morgan fingerprint density at radius 2 is 2.31 bits per heavy atom. The summed E-state index contributed by atoms with van der Waals surface area (Å²) in [7, 11) is 0. The molecule has 0 bridgehead atoms. The smallest absolute Gasteiger partial charge is 0.253 e. The third kappa shape index (κ3) is 3.73. The fraction of sp³-hybridized carbons (Fsp3) is 0.450. The predicted octanol–water partition coefficient (Wildman–Crippen LogP) is 1.74. The molecule has 2 saturated heterocycles. The number of aliphatic hydroxyl groups excluding tert-OH is 1. The Labute approximate surface area is 172 Å². The number of aromatic nitrogens is 3.